The van der Waals surface area contributed by atoms with Crippen molar-refractivity contribution in [2.45, 2.75) is 26.7 Å². The Bertz CT molecular complexity index is 1280. The number of carbonyl (C=O) groups is 2. The van der Waals surface area contributed by atoms with E-state index in [2.05, 4.69) is 33.9 Å². The lowest BCUT2D eigenvalue weighted by atomic mass is 10.1. The van der Waals surface area contributed by atoms with Gasteiger partial charge >= 0.3 is 0 Å². The summed E-state index contributed by atoms with van der Waals surface area (Å²) in [6.07, 6.45) is 3.87. The summed E-state index contributed by atoms with van der Waals surface area (Å²) in [5, 5.41) is 9.28. The second-order valence-corrected chi connectivity index (χ2v) is 9.54. The van der Waals surface area contributed by atoms with E-state index in [-0.39, 0.29) is 17.1 Å². The van der Waals surface area contributed by atoms with E-state index in [1.807, 2.05) is 24.3 Å². The first kappa shape index (κ1) is 23.1. The Morgan fingerprint density at radius 2 is 1.57 bits per heavy atom. The zero-order chi connectivity index (χ0) is 24.4. The molecule has 178 valence electrons. The number of fused-ring (bicyclic) bond motifs is 1. The van der Waals surface area contributed by atoms with Crippen molar-refractivity contribution in [3.8, 4) is 0 Å². The van der Waals surface area contributed by atoms with Gasteiger partial charge in [0.2, 0.25) is 5.13 Å². The third-order valence-corrected chi connectivity index (χ3v) is 7.31. The highest BCUT2D eigenvalue weighted by atomic mass is 32.1. The molecule has 8 heteroatoms. The minimum Gasteiger partial charge on any atom is -0.372 e. The molecule has 2 aromatic carbocycles. The Morgan fingerprint density at radius 1 is 0.943 bits per heavy atom. The first-order chi connectivity index (χ1) is 17.1. The quantitative estimate of drug-likeness (QED) is 0.218. The maximum atomic E-state index is 12.9. The normalized spacial score (nSPS) is 15.4. The number of anilines is 2. The van der Waals surface area contributed by atoms with Crippen LogP contribution in [-0.4, -0.2) is 42.7 Å². The highest BCUT2D eigenvalue weighted by Gasteiger charge is 2.33. The fraction of sp³-hybridized carbons (Fsp3) is 0.296. The molecule has 0 N–H and O–H groups in total. The highest BCUT2D eigenvalue weighted by Crippen LogP contribution is 2.38. The number of benzene rings is 2. The summed E-state index contributed by atoms with van der Waals surface area (Å²) in [5.41, 5.74) is 3.01. The molecule has 1 aliphatic carbocycles. The number of azo groups is 1. The van der Waals surface area contributed by atoms with E-state index in [0.29, 0.717) is 16.3 Å². The van der Waals surface area contributed by atoms with E-state index in [1.54, 1.807) is 30.3 Å². The molecular weight excluding hydrogens is 458 g/mol. The van der Waals surface area contributed by atoms with Crippen LogP contribution in [0.1, 0.15) is 52.3 Å². The maximum absolute atomic E-state index is 12.9. The molecule has 0 spiro atoms. The minimum atomic E-state index is -0.233. The maximum Gasteiger partial charge on any atom is 0.232 e. The van der Waals surface area contributed by atoms with Crippen molar-refractivity contribution >= 4 is 51.3 Å². The smallest absolute Gasteiger partial charge is 0.232 e. The standard InChI is InChI=1S/C27H27N5O2S/c1-3-31(4-2)19-13-11-18(12-14-19)29-30-27-28-26(32-15-7-8-16-32)23(35-27)17-22-24(33)20-9-5-6-10-21(20)25(22)34/h5-6,9-14,17H,3-4,7-8,15-16H2,1-2H3. The monoisotopic (exact) mass is 485 g/mol. The summed E-state index contributed by atoms with van der Waals surface area (Å²) in [6, 6.07) is 15.0. The van der Waals surface area contributed by atoms with Crippen LogP contribution >= 0.6 is 11.3 Å². The van der Waals surface area contributed by atoms with Gasteiger partial charge in [0.05, 0.1) is 16.1 Å². The van der Waals surface area contributed by atoms with Gasteiger partial charge in [0.25, 0.3) is 0 Å². The van der Waals surface area contributed by atoms with Gasteiger partial charge in [-0.05, 0) is 57.0 Å². The van der Waals surface area contributed by atoms with Crippen molar-refractivity contribution in [1.29, 1.82) is 0 Å². The number of ketones is 2. The molecule has 0 amide bonds. The first-order valence-electron chi connectivity index (χ1n) is 12.0. The van der Waals surface area contributed by atoms with Crippen LogP contribution in [-0.2, 0) is 0 Å². The van der Waals surface area contributed by atoms with E-state index in [0.717, 1.165) is 61.1 Å². The van der Waals surface area contributed by atoms with Crippen molar-refractivity contribution in [3.63, 3.8) is 0 Å². The van der Waals surface area contributed by atoms with E-state index in [4.69, 9.17) is 4.98 Å². The number of nitrogens with zero attached hydrogens (tertiary/aromatic N) is 5. The molecule has 7 nitrogen and oxygen atoms in total. The lowest BCUT2D eigenvalue weighted by Crippen LogP contribution is -2.21. The fourth-order valence-corrected chi connectivity index (χ4v) is 5.41. The Kier molecular flexibility index (Phi) is 6.55. The molecule has 35 heavy (non-hydrogen) atoms. The fourth-order valence-electron chi connectivity index (χ4n) is 4.56. The number of hydrogen-bond acceptors (Lipinski definition) is 8. The molecule has 0 saturated carbocycles. The number of aromatic nitrogens is 1. The first-order valence-corrected chi connectivity index (χ1v) is 12.8. The van der Waals surface area contributed by atoms with Gasteiger partial charge in [-0.3, -0.25) is 9.59 Å². The van der Waals surface area contributed by atoms with Crippen LogP contribution in [0, 0.1) is 0 Å². The third-order valence-electron chi connectivity index (χ3n) is 6.44. The Hall–Kier alpha value is -3.65. The number of allylic oxidation sites excluding steroid dienone is 1. The van der Waals surface area contributed by atoms with Gasteiger partial charge in [-0.15, -0.1) is 10.2 Å². The number of thiazole rings is 1. The topological polar surface area (TPSA) is 78.2 Å². The van der Waals surface area contributed by atoms with Gasteiger partial charge in [0, 0.05) is 43.0 Å². The second-order valence-electron chi connectivity index (χ2n) is 8.53. The largest absolute Gasteiger partial charge is 0.372 e. The molecule has 5 rings (SSSR count). The van der Waals surface area contributed by atoms with Crippen LogP contribution < -0.4 is 9.80 Å². The second kappa shape index (κ2) is 9.92. The zero-order valence-corrected chi connectivity index (χ0v) is 20.7. The third kappa shape index (κ3) is 4.53. The number of carbonyl (C=O) groups excluding carboxylic acids is 2. The molecule has 1 aromatic heterocycles. The van der Waals surface area contributed by atoms with Crippen LogP contribution in [0.4, 0.5) is 22.3 Å². The number of hydrogen-bond donors (Lipinski definition) is 0. The van der Waals surface area contributed by atoms with Gasteiger partial charge in [-0.25, -0.2) is 0 Å². The van der Waals surface area contributed by atoms with Gasteiger partial charge in [-0.2, -0.15) is 4.98 Å². The van der Waals surface area contributed by atoms with E-state index in [1.165, 1.54) is 11.3 Å². The zero-order valence-electron chi connectivity index (χ0n) is 19.9. The molecule has 0 atom stereocenters. The van der Waals surface area contributed by atoms with Crippen molar-refractivity contribution in [3.05, 3.63) is 70.1 Å². The van der Waals surface area contributed by atoms with Crippen molar-refractivity contribution < 1.29 is 9.59 Å². The van der Waals surface area contributed by atoms with Crippen LogP contribution in [0.25, 0.3) is 6.08 Å². The predicted octanol–water partition coefficient (Wildman–Crippen LogP) is 6.47. The summed E-state index contributed by atoms with van der Waals surface area (Å²) in [6.45, 7) is 7.96. The van der Waals surface area contributed by atoms with Crippen LogP contribution in [0.2, 0.25) is 0 Å². The van der Waals surface area contributed by atoms with Gasteiger partial charge in [0.15, 0.2) is 11.6 Å². The van der Waals surface area contributed by atoms with Gasteiger partial charge in [0.1, 0.15) is 5.82 Å². The van der Waals surface area contributed by atoms with Crippen molar-refractivity contribution in [1.82, 2.24) is 4.98 Å². The van der Waals surface area contributed by atoms with Crippen LogP contribution in [0.5, 0.6) is 0 Å². The van der Waals surface area contributed by atoms with E-state index >= 15 is 0 Å². The molecule has 1 aliphatic heterocycles. The lowest BCUT2D eigenvalue weighted by Gasteiger charge is -2.20. The molecule has 2 heterocycles. The molecule has 2 aliphatic rings. The molecule has 0 unspecified atom stereocenters. The van der Waals surface area contributed by atoms with Gasteiger partial charge < -0.3 is 9.80 Å². The number of rotatable bonds is 7. The van der Waals surface area contributed by atoms with Crippen LogP contribution in [0.3, 0.4) is 0 Å². The summed E-state index contributed by atoms with van der Waals surface area (Å²) >= 11 is 1.35. The summed E-state index contributed by atoms with van der Waals surface area (Å²) in [4.78, 5) is 35.8. The summed E-state index contributed by atoms with van der Waals surface area (Å²) < 4.78 is 0. The summed E-state index contributed by atoms with van der Waals surface area (Å²) in [5.74, 6) is 0.299. The molecule has 0 radical (unpaired) electrons. The Morgan fingerprint density at radius 3 is 2.17 bits per heavy atom. The van der Waals surface area contributed by atoms with Gasteiger partial charge in [-0.1, -0.05) is 35.6 Å². The van der Waals surface area contributed by atoms with Crippen molar-refractivity contribution in [2.24, 2.45) is 10.2 Å². The SMILES string of the molecule is CCN(CC)c1ccc(N=Nc2nc(N3CCCC3)c(C=C3C(=O)c4ccccc4C3=O)s2)cc1. The molecule has 1 saturated heterocycles. The highest BCUT2D eigenvalue weighted by molar-refractivity contribution is 7.16. The lowest BCUT2D eigenvalue weighted by molar-refractivity contribution is 0.0990. The molecule has 1 fully saturated rings. The number of Topliss-reactive ketones (excluding diaryl/α,β-unsaturated/α-hetero) is 2. The Labute approximate surface area is 208 Å². The average molecular weight is 486 g/mol. The summed E-state index contributed by atoms with van der Waals surface area (Å²) in [7, 11) is 0. The molecular formula is C27H27N5O2S. The molecule has 0 bridgehead atoms. The average Bonchev–Trinajstić information content (AvgIpc) is 3.61. The predicted molar refractivity (Wildman–Crippen MR) is 141 cm³/mol. The van der Waals surface area contributed by atoms with Crippen molar-refractivity contribution in [2.75, 3.05) is 36.0 Å². The molecule has 3 aromatic rings. The van der Waals surface area contributed by atoms with E-state index in [9.17, 15) is 9.59 Å². The van der Waals surface area contributed by atoms with Crippen LogP contribution in [0.15, 0.2) is 64.3 Å². The van der Waals surface area contributed by atoms with E-state index < -0.39 is 0 Å². The minimum absolute atomic E-state index is 0.186. The Balaban J connectivity index is 1.45.